The summed E-state index contributed by atoms with van der Waals surface area (Å²) >= 11 is 0. The second-order valence-electron chi connectivity index (χ2n) is 11.4. The van der Waals surface area contributed by atoms with Crippen LogP contribution in [0.5, 0.6) is 17.2 Å². The zero-order chi connectivity index (χ0) is 31.4. The molecule has 3 aromatic carbocycles. The van der Waals surface area contributed by atoms with Gasteiger partial charge in [0.05, 0.1) is 48.3 Å². The zero-order valence-electron chi connectivity index (χ0n) is 24.6. The number of carbonyl (C=O) groups is 5. The van der Waals surface area contributed by atoms with Gasteiger partial charge in [0.25, 0.3) is 0 Å². The van der Waals surface area contributed by atoms with Crippen LogP contribution >= 0.6 is 0 Å². The third-order valence-corrected chi connectivity index (χ3v) is 9.13. The lowest BCUT2D eigenvalue weighted by Gasteiger charge is -2.46. The van der Waals surface area contributed by atoms with Gasteiger partial charge < -0.3 is 14.2 Å². The molecule has 3 aliphatic carbocycles. The number of hydrogen-bond donors (Lipinski definition) is 0. The molecule has 6 atom stereocenters. The van der Waals surface area contributed by atoms with Gasteiger partial charge in [-0.1, -0.05) is 48.5 Å². The second-order valence-corrected chi connectivity index (χ2v) is 11.4. The fourth-order valence-corrected chi connectivity index (χ4v) is 7.52. The summed E-state index contributed by atoms with van der Waals surface area (Å²) in [6.45, 7) is 4.22. The minimum Gasteiger partial charge on any atom is -0.492 e. The number of imide groups is 2. The highest BCUT2D eigenvalue weighted by atomic mass is 16.5. The minimum absolute atomic E-state index is 0.119. The van der Waals surface area contributed by atoms with E-state index in [0.29, 0.717) is 30.5 Å². The molecule has 228 valence electrons. The summed E-state index contributed by atoms with van der Waals surface area (Å²) < 4.78 is 17.2. The minimum atomic E-state index is -1.07. The first-order chi connectivity index (χ1) is 21.9. The average Bonchev–Trinajstić information content (AvgIpc) is 3.48. The standard InChI is InChI=1S/C35H30N2O8/c1-3-43-24-16-10-8-14-22(24)36-31(38)27-20-18-21(35(42)45-19-12-6-5-7-13-19)26(29(27)33(36)40)30-28(20)32(39)37(34(30)41)23-15-9-11-17-25(23)44-4-2/h5-18,20,26-30H,3-4H2,1-2H3/t20?,26?,27-,28-,29+,30?/m1/s1. The Morgan fingerprint density at radius 2 is 1.04 bits per heavy atom. The fourth-order valence-electron chi connectivity index (χ4n) is 7.52. The van der Waals surface area contributed by atoms with E-state index in [9.17, 15) is 24.0 Å². The summed E-state index contributed by atoms with van der Waals surface area (Å²) in [5, 5.41) is 0. The topological polar surface area (TPSA) is 120 Å². The van der Waals surface area contributed by atoms with Crippen LogP contribution in [0.3, 0.4) is 0 Å². The van der Waals surface area contributed by atoms with Crippen LogP contribution in [0.15, 0.2) is 90.5 Å². The maximum Gasteiger partial charge on any atom is 0.339 e. The second kappa shape index (κ2) is 11.0. The van der Waals surface area contributed by atoms with Gasteiger partial charge in [-0.2, -0.15) is 0 Å². The van der Waals surface area contributed by atoms with E-state index in [-0.39, 0.29) is 16.9 Å². The quantitative estimate of drug-likeness (QED) is 0.213. The maximum atomic E-state index is 14.3. The van der Waals surface area contributed by atoms with Gasteiger partial charge in [-0.15, -0.1) is 0 Å². The molecule has 3 aromatic rings. The van der Waals surface area contributed by atoms with Gasteiger partial charge in [0, 0.05) is 17.4 Å². The number of ether oxygens (including phenoxy) is 3. The van der Waals surface area contributed by atoms with Gasteiger partial charge in [0.1, 0.15) is 17.2 Å². The van der Waals surface area contributed by atoms with Gasteiger partial charge in [0.15, 0.2) is 0 Å². The van der Waals surface area contributed by atoms with Crippen molar-refractivity contribution in [1.82, 2.24) is 0 Å². The number of para-hydroxylation sites is 5. The summed E-state index contributed by atoms with van der Waals surface area (Å²) in [6, 6.07) is 21.9. The van der Waals surface area contributed by atoms with Gasteiger partial charge in [-0.05, 0) is 50.2 Å². The molecule has 0 radical (unpaired) electrons. The zero-order valence-corrected chi connectivity index (χ0v) is 24.6. The van der Waals surface area contributed by atoms with E-state index < -0.39 is 65.1 Å². The van der Waals surface area contributed by atoms with Gasteiger partial charge in [-0.25, -0.2) is 14.6 Å². The summed E-state index contributed by atoms with van der Waals surface area (Å²) in [6.07, 6.45) is 1.59. The maximum absolute atomic E-state index is 14.3. The van der Waals surface area contributed by atoms with Crippen LogP contribution in [-0.4, -0.2) is 42.8 Å². The predicted octanol–water partition coefficient (Wildman–Crippen LogP) is 4.19. The third-order valence-electron chi connectivity index (χ3n) is 9.13. The first-order valence-electron chi connectivity index (χ1n) is 15.1. The van der Waals surface area contributed by atoms with E-state index in [1.807, 2.05) is 0 Å². The number of rotatable bonds is 8. The molecule has 5 aliphatic rings. The van der Waals surface area contributed by atoms with E-state index in [1.54, 1.807) is 98.8 Å². The Balaban J connectivity index is 1.33. The van der Waals surface area contributed by atoms with Crippen molar-refractivity contribution in [1.29, 1.82) is 0 Å². The van der Waals surface area contributed by atoms with Gasteiger partial charge in [-0.3, -0.25) is 19.2 Å². The van der Waals surface area contributed by atoms with Crippen LogP contribution < -0.4 is 24.0 Å². The Labute approximate surface area is 259 Å². The Kier molecular flexibility index (Phi) is 6.99. The highest BCUT2D eigenvalue weighted by Crippen LogP contribution is 2.61. The monoisotopic (exact) mass is 606 g/mol. The van der Waals surface area contributed by atoms with Crippen LogP contribution in [0.25, 0.3) is 0 Å². The van der Waals surface area contributed by atoms with Crippen molar-refractivity contribution in [3.05, 3.63) is 90.5 Å². The molecule has 2 aliphatic heterocycles. The fraction of sp³-hybridized carbons (Fsp3) is 0.286. The number of allylic oxidation sites excluding steroid dienone is 1. The number of nitrogens with zero attached hydrogens (tertiary/aromatic N) is 2. The van der Waals surface area contributed by atoms with Crippen LogP contribution in [0.4, 0.5) is 11.4 Å². The normalized spacial score (nSPS) is 26.5. The Morgan fingerprint density at radius 1 is 0.600 bits per heavy atom. The summed E-state index contributed by atoms with van der Waals surface area (Å²) in [5.74, 6) is -7.78. The highest BCUT2D eigenvalue weighted by Gasteiger charge is 2.71. The SMILES string of the molecule is CCOc1ccccc1N1C(=O)C2C3C(C(=O)Oc4ccccc4)=CC([C@H]2C1=O)[C@H]1C(=O)N(c2ccccc2OCC)C(=O)[C@@H]31. The third kappa shape index (κ3) is 4.27. The van der Waals surface area contributed by atoms with Crippen LogP contribution in [0.1, 0.15) is 13.8 Å². The number of esters is 1. The Bertz CT molecular complexity index is 1670. The van der Waals surface area contributed by atoms with Crippen molar-refractivity contribution in [3.8, 4) is 17.2 Å². The van der Waals surface area contributed by atoms with Crippen molar-refractivity contribution >= 4 is 41.0 Å². The van der Waals surface area contributed by atoms with E-state index in [0.717, 1.165) is 9.80 Å². The molecule has 0 aromatic heterocycles. The van der Waals surface area contributed by atoms with E-state index >= 15 is 0 Å². The summed E-state index contributed by atoms with van der Waals surface area (Å²) in [4.78, 5) is 73.0. The molecule has 3 unspecified atom stereocenters. The molecule has 4 amide bonds. The van der Waals surface area contributed by atoms with Crippen molar-refractivity contribution in [3.63, 3.8) is 0 Å². The largest absolute Gasteiger partial charge is 0.492 e. The lowest BCUT2D eigenvalue weighted by Crippen LogP contribution is -2.53. The molecule has 0 spiro atoms. The first kappa shape index (κ1) is 28.5. The molecular formula is C35H30N2O8. The molecule has 1 saturated carbocycles. The first-order valence-corrected chi connectivity index (χ1v) is 15.1. The van der Waals surface area contributed by atoms with Crippen LogP contribution in [-0.2, 0) is 24.0 Å². The van der Waals surface area contributed by atoms with E-state index in [4.69, 9.17) is 14.2 Å². The van der Waals surface area contributed by atoms with Gasteiger partial charge in [0.2, 0.25) is 23.6 Å². The van der Waals surface area contributed by atoms with Crippen molar-refractivity contribution in [2.24, 2.45) is 35.5 Å². The lowest BCUT2D eigenvalue weighted by molar-refractivity contribution is -0.142. The number of hydrogen-bond acceptors (Lipinski definition) is 8. The molecule has 10 nitrogen and oxygen atoms in total. The number of amides is 4. The molecular weight excluding hydrogens is 576 g/mol. The average molecular weight is 607 g/mol. The van der Waals surface area contributed by atoms with Crippen molar-refractivity contribution in [2.75, 3.05) is 23.0 Å². The molecule has 45 heavy (non-hydrogen) atoms. The van der Waals surface area contributed by atoms with Crippen LogP contribution in [0.2, 0.25) is 0 Å². The predicted molar refractivity (Wildman–Crippen MR) is 161 cm³/mol. The van der Waals surface area contributed by atoms with Crippen LogP contribution in [0, 0.1) is 35.5 Å². The molecule has 0 N–H and O–H groups in total. The van der Waals surface area contributed by atoms with Gasteiger partial charge >= 0.3 is 5.97 Å². The smallest absolute Gasteiger partial charge is 0.339 e. The molecule has 2 heterocycles. The summed E-state index contributed by atoms with van der Waals surface area (Å²) in [5.41, 5.74) is 0.687. The van der Waals surface area contributed by atoms with Crippen molar-refractivity contribution in [2.45, 2.75) is 13.8 Å². The molecule has 10 heteroatoms. The highest BCUT2D eigenvalue weighted by molar-refractivity contribution is 6.27. The number of benzene rings is 3. The van der Waals surface area contributed by atoms with Crippen molar-refractivity contribution < 1.29 is 38.2 Å². The molecule has 8 rings (SSSR count). The molecule has 2 bridgehead atoms. The Hall–Kier alpha value is -5.25. The molecule has 2 saturated heterocycles. The van der Waals surface area contributed by atoms with E-state index in [2.05, 4.69) is 0 Å². The lowest BCUT2D eigenvalue weighted by atomic mass is 9.52. The number of carbonyl (C=O) groups excluding carboxylic acids is 5. The summed E-state index contributed by atoms with van der Waals surface area (Å²) in [7, 11) is 0. The Morgan fingerprint density at radius 3 is 1.53 bits per heavy atom. The van der Waals surface area contributed by atoms with E-state index in [1.165, 1.54) is 0 Å². The number of anilines is 2. The molecule has 3 fully saturated rings.